The normalized spacial score (nSPS) is 21.6. The highest BCUT2D eigenvalue weighted by atomic mass is 32.2. The molecule has 2 rings (SSSR count). The summed E-state index contributed by atoms with van der Waals surface area (Å²) < 4.78 is 0. The Labute approximate surface area is 126 Å². The number of carboxylic acid groups (broad SMARTS) is 1. The fourth-order valence-corrected chi connectivity index (χ4v) is 3.95. The van der Waals surface area contributed by atoms with Gasteiger partial charge in [-0.1, -0.05) is 12.1 Å². The zero-order valence-electron chi connectivity index (χ0n) is 11.2. The van der Waals surface area contributed by atoms with Crippen molar-refractivity contribution in [3.8, 4) is 0 Å². The van der Waals surface area contributed by atoms with Crippen molar-refractivity contribution in [2.45, 2.75) is 17.7 Å². The number of amides is 1. The van der Waals surface area contributed by atoms with E-state index in [1.807, 2.05) is 18.4 Å². The summed E-state index contributed by atoms with van der Waals surface area (Å²) in [6, 6.07) is 7.31. The average Bonchev–Trinajstić information content (AvgIpc) is 2.90. The molecule has 4 nitrogen and oxygen atoms in total. The quantitative estimate of drug-likeness (QED) is 0.873. The fraction of sp³-hybridized carbons (Fsp3) is 0.429. The van der Waals surface area contributed by atoms with Gasteiger partial charge >= 0.3 is 5.97 Å². The second kappa shape index (κ2) is 6.54. The van der Waals surface area contributed by atoms with Gasteiger partial charge in [-0.25, -0.2) is 4.79 Å². The lowest BCUT2D eigenvalue weighted by Crippen LogP contribution is -2.54. The van der Waals surface area contributed by atoms with Crippen molar-refractivity contribution in [3.05, 3.63) is 35.4 Å². The van der Waals surface area contributed by atoms with Crippen LogP contribution in [0.4, 0.5) is 0 Å². The zero-order valence-corrected chi connectivity index (χ0v) is 12.9. The second-order valence-electron chi connectivity index (χ2n) is 4.77. The van der Waals surface area contributed by atoms with Crippen LogP contribution in [0.2, 0.25) is 0 Å². The monoisotopic (exact) mass is 311 g/mol. The molecule has 1 unspecified atom stereocenters. The molecule has 0 spiro atoms. The molecule has 0 bridgehead atoms. The van der Waals surface area contributed by atoms with E-state index in [0.29, 0.717) is 17.7 Å². The van der Waals surface area contributed by atoms with Gasteiger partial charge in [0.15, 0.2) is 0 Å². The largest absolute Gasteiger partial charge is 0.479 e. The molecule has 1 atom stereocenters. The number of hydrogen-bond acceptors (Lipinski definition) is 4. The van der Waals surface area contributed by atoms with Gasteiger partial charge in [-0.3, -0.25) is 4.79 Å². The molecule has 0 aromatic heterocycles. The molecule has 1 saturated heterocycles. The lowest BCUT2D eigenvalue weighted by Gasteiger charge is -2.24. The minimum absolute atomic E-state index is 0.314. The van der Waals surface area contributed by atoms with E-state index < -0.39 is 11.5 Å². The second-order valence-corrected chi connectivity index (χ2v) is 6.75. The summed E-state index contributed by atoms with van der Waals surface area (Å²) in [4.78, 5) is 23.6. The van der Waals surface area contributed by atoms with Crippen molar-refractivity contribution < 1.29 is 14.7 Å². The highest BCUT2D eigenvalue weighted by molar-refractivity contribution is 7.99. The predicted molar refractivity (Wildman–Crippen MR) is 83.4 cm³/mol. The number of carboxylic acids is 1. The lowest BCUT2D eigenvalue weighted by atomic mass is 9.98. The van der Waals surface area contributed by atoms with E-state index >= 15 is 0 Å². The number of carbonyl (C=O) groups is 2. The maximum atomic E-state index is 12.2. The first-order valence-electron chi connectivity index (χ1n) is 6.29. The Morgan fingerprint density at radius 1 is 1.40 bits per heavy atom. The first-order valence-corrected chi connectivity index (χ1v) is 8.84. The summed E-state index contributed by atoms with van der Waals surface area (Å²) in [7, 11) is 0. The lowest BCUT2D eigenvalue weighted by molar-refractivity contribution is -0.143. The highest BCUT2D eigenvalue weighted by Gasteiger charge is 2.43. The van der Waals surface area contributed by atoms with Crippen LogP contribution in [0.1, 0.15) is 22.3 Å². The third-order valence-corrected chi connectivity index (χ3v) is 5.12. The van der Waals surface area contributed by atoms with Crippen LogP contribution in [0.25, 0.3) is 0 Å². The highest BCUT2D eigenvalue weighted by Crippen LogP contribution is 2.28. The smallest absolute Gasteiger partial charge is 0.330 e. The van der Waals surface area contributed by atoms with Gasteiger partial charge in [0, 0.05) is 17.1 Å². The van der Waals surface area contributed by atoms with Crippen LogP contribution in [0.5, 0.6) is 0 Å². The number of rotatable bonds is 5. The van der Waals surface area contributed by atoms with Gasteiger partial charge in [0.05, 0.1) is 0 Å². The molecule has 1 amide bonds. The Morgan fingerprint density at radius 3 is 2.60 bits per heavy atom. The van der Waals surface area contributed by atoms with E-state index in [1.54, 1.807) is 35.7 Å². The number of benzene rings is 1. The Morgan fingerprint density at radius 2 is 2.10 bits per heavy atom. The number of thioether (sulfide) groups is 2. The number of carbonyl (C=O) groups excluding carboxylic acids is 1. The van der Waals surface area contributed by atoms with Crippen molar-refractivity contribution in [1.29, 1.82) is 0 Å². The van der Waals surface area contributed by atoms with Gasteiger partial charge < -0.3 is 10.4 Å². The molecule has 0 saturated carbocycles. The van der Waals surface area contributed by atoms with Crippen LogP contribution in [0.15, 0.2) is 24.3 Å². The van der Waals surface area contributed by atoms with Gasteiger partial charge in [0.25, 0.3) is 5.91 Å². The fourth-order valence-electron chi connectivity index (χ4n) is 2.09. The SMILES string of the molecule is CSCc1ccc(C(=O)NC2(C(=O)O)CCSC2)cc1. The molecule has 6 heteroatoms. The van der Waals surface area contributed by atoms with Crippen molar-refractivity contribution in [2.24, 2.45) is 0 Å². The molecule has 0 aliphatic carbocycles. The Bertz CT molecular complexity index is 496. The first-order chi connectivity index (χ1) is 9.57. The summed E-state index contributed by atoms with van der Waals surface area (Å²) in [5.74, 6) is 0.829. The van der Waals surface area contributed by atoms with E-state index in [-0.39, 0.29) is 5.91 Å². The van der Waals surface area contributed by atoms with Crippen LogP contribution in [0.3, 0.4) is 0 Å². The molecule has 1 aliphatic heterocycles. The molecule has 1 aromatic carbocycles. The molecule has 20 heavy (non-hydrogen) atoms. The van der Waals surface area contributed by atoms with E-state index in [1.165, 1.54) is 0 Å². The first kappa shape index (κ1) is 15.3. The summed E-state index contributed by atoms with van der Waals surface area (Å²) in [5.41, 5.74) is 0.547. The molecule has 1 aromatic rings. The van der Waals surface area contributed by atoms with Crippen LogP contribution >= 0.6 is 23.5 Å². The predicted octanol–water partition coefficient (Wildman–Crippen LogP) is 2.24. The van der Waals surface area contributed by atoms with Crippen molar-refractivity contribution >= 4 is 35.4 Å². The summed E-state index contributed by atoms with van der Waals surface area (Å²) in [6.45, 7) is 0. The Hall–Kier alpha value is -1.14. The molecule has 1 fully saturated rings. The molecule has 2 N–H and O–H groups in total. The molecule has 0 radical (unpaired) electrons. The molecule has 1 aliphatic rings. The maximum Gasteiger partial charge on any atom is 0.330 e. The number of aliphatic carboxylic acids is 1. The molecular formula is C14H17NO3S2. The minimum atomic E-state index is -1.11. The van der Waals surface area contributed by atoms with E-state index in [2.05, 4.69) is 5.32 Å². The summed E-state index contributed by atoms with van der Waals surface area (Å²) in [5, 5.41) is 12.0. The zero-order chi connectivity index (χ0) is 14.6. The van der Waals surface area contributed by atoms with E-state index in [4.69, 9.17) is 0 Å². The molecule has 1 heterocycles. The van der Waals surface area contributed by atoms with E-state index in [0.717, 1.165) is 17.1 Å². The van der Waals surface area contributed by atoms with Gasteiger partial charge in [-0.15, -0.1) is 0 Å². The average molecular weight is 311 g/mol. The summed E-state index contributed by atoms with van der Waals surface area (Å²) >= 11 is 3.27. The van der Waals surface area contributed by atoms with Crippen LogP contribution < -0.4 is 5.32 Å². The third kappa shape index (κ3) is 3.30. The maximum absolute atomic E-state index is 12.2. The van der Waals surface area contributed by atoms with Crippen molar-refractivity contribution in [3.63, 3.8) is 0 Å². The van der Waals surface area contributed by atoms with Gasteiger partial charge in [-0.05, 0) is 36.1 Å². The minimum Gasteiger partial charge on any atom is -0.479 e. The van der Waals surface area contributed by atoms with Crippen LogP contribution in [-0.2, 0) is 10.5 Å². The standard InChI is InChI=1S/C14H17NO3S2/c1-19-8-10-2-4-11(5-3-10)12(16)15-14(13(17)18)6-7-20-9-14/h2-5H,6-9H2,1H3,(H,15,16)(H,17,18). The topological polar surface area (TPSA) is 66.4 Å². The third-order valence-electron chi connectivity index (χ3n) is 3.31. The van der Waals surface area contributed by atoms with Crippen molar-refractivity contribution in [2.75, 3.05) is 17.8 Å². The van der Waals surface area contributed by atoms with Gasteiger partial charge in [-0.2, -0.15) is 23.5 Å². The Balaban J connectivity index is 2.09. The number of nitrogens with one attached hydrogen (secondary N) is 1. The molecular weight excluding hydrogens is 294 g/mol. The van der Waals surface area contributed by atoms with E-state index in [9.17, 15) is 14.7 Å². The summed E-state index contributed by atoms with van der Waals surface area (Å²) in [6.07, 6.45) is 2.50. The van der Waals surface area contributed by atoms with Crippen molar-refractivity contribution in [1.82, 2.24) is 5.32 Å². The van der Waals surface area contributed by atoms with Crippen LogP contribution in [-0.4, -0.2) is 40.3 Å². The van der Waals surface area contributed by atoms with Gasteiger partial charge in [0.2, 0.25) is 0 Å². The Kier molecular flexibility index (Phi) is 4.99. The number of hydrogen-bond donors (Lipinski definition) is 2. The molecule has 108 valence electrons. The van der Waals surface area contributed by atoms with Crippen LogP contribution in [0, 0.1) is 0 Å². The van der Waals surface area contributed by atoms with Gasteiger partial charge in [0.1, 0.15) is 5.54 Å².